The second kappa shape index (κ2) is 6.64. The Bertz CT molecular complexity index is 261. The number of hydrogen-bond donors (Lipinski definition) is 1. The molecule has 2 atom stereocenters. The van der Waals surface area contributed by atoms with Crippen LogP contribution in [0.3, 0.4) is 0 Å². The normalized spacial score (nSPS) is 25.0. The van der Waals surface area contributed by atoms with Gasteiger partial charge in [-0.3, -0.25) is 4.99 Å². The van der Waals surface area contributed by atoms with Crippen LogP contribution in [0, 0.1) is 11.3 Å². The zero-order chi connectivity index (χ0) is 12.9. The van der Waals surface area contributed by atoms with Crippen molar-refractivity contribution in [2.75, 3.05) is 26.0 Å². The minimum atomic E-state index is 0.336. The molecule has 1 aliphatic rings. The standard InChI is InChI=1S/C13H26N2OS/c1-10(13(2,3)4)8-14-12-15-11(9-17-12)6-7-16-5/h10-11H,6-9H2,1-5H3,(H,14,15). The van der Waals surface area contributed by atoms with E-state index in [1.54, 1.807) is 7.11 Å². The molecule has 0 radical (unpaired) electrons. The molecule has 0 bridgehead atoms. The molecule has 17 heavy (non-hydrogen) atoms. The molecule has 0 aliphatic carbocycles. The summed E-state index contributed by atoms with van der Waals surface area (Å²) in [6.45, 7) is 10.8. The van der Waals surface area contributed by atoms with Gasteiger partial charge in [-0.25, -0.2) is 0 Å². The zero-order valence-electron chi connectivity index (χ0n) is 11.7. The Labute approximate surface area is 110 Å². The van der Waals surface area contributed by atoms with Crippen molar-refractivity contribution in [1.82, 2.24) is 5.32 Å². The van der Waals surface area contributed by atoms with Gasteiger partial charge < -0.3 is 10.1 Å². The molecule has 0 aromatic carbocycles. The Balaban J connectivity index is 2.33. The predicted octanol–water partition coefficient (Wildman–Crippen LogP) is 2.77. The molecular weight excluding hydrogens is 232 g/mol. The summed E-state index contributed by atoms with van der Waals surface area (Å²) >= 11 is 1.84. The van der Waals surface area contributed by atoms with Crippen molar-refractivity contribution in [2.24, 2.45) is 16.3 Å². The summed E-state index contributed by atoms with van der Waals surface area (Å²) in [5.74, 6) is 1.72. The molecule has 3 nitrogen and oxygen atoms in total. The third-order valence-corrected chi connectivity index (χ3v) is 4.50. The van der Waals surface area contributed by atoms with Crippen molar-refractivity contribution < 1.29 is 4.74 Å². The fraction of sp³-hybridized carbons (Fsp3) is 0.923. The van der Waals surface area contributed by atoms with Crippen molar-refractivity contribution in [2.45, 2.75) is 40.2 Å². The van der Waals surface area contributed by atoms with Gasteiger partial charge in [0.1, 0.15) is 0 Å². The summed E-state index contributed by atoms with van der Waals surface area (Å²) in [5, 5.41) is 4.58. The molecule has 1 heterocycles. The quantitative estimate of drug-likeness (QED) is 0.823. The van der Waals surface area contributed by atoms with E-state index in [0.717, 1.165) is 30.5 Å². The van der Waals surface area contributed by atoms with Gasteiger partial charge in [-0.2, -0.15) is 0 Å². The molecule has 1 fully saturated rings. The molecule has 0 amide bonds. The van der Waals surface area contributed by atoms with Crippen LogP contribution in [0.25, 0.3) is 0 Å². The third-order valence-electron chi connectivity index (χ3n) is 3.41. The number of aliphatic imine (C=N–C) groups is 1. The number of hydrogen-bond acceptors (Lipinski definition) is 3. The molecule has 1 rings (SSSR count). The minimum Gasteiger partial charge on any atom is -0.385 e. The van der Waals surface area contributed by atoms with Crippen LogP contribution in [-0.4, -0.2) is 37.2 Å². The van der Waals surface area contributed by atoms with Crippen LogP contribution in [0.5, 0.6) is 0 Å². The Kier molecular flexibility index (Phi) is 5.80. The topological polar surface area (TPSA) is 33.6 Å². The molecule has 0 aromatic rings. The molecule has 100 valence electrons. The second-order valence-corrected chi connectivity index (χ2v) is 6.86. The van der Waals surface area contributed by atoms with Crippen LogP contribution < -0.4 is 5.32 Å². The van der Waals surface area contributed by atoms with Crippen molar-refractivity contribution in [3.05, 3.63) is 0 Å². The maximum atomic E-state index is 5.09. The molecule has 4 heteroatoms. The lowest BCUT2D eigenvalue weighted by molar-refractivity contribution is 0.188. The lowest BCUT2D eigenvalue weighted by Gasteiger charge is -2.25. The van der Waals surface area contributed by atoms with Crippen LogP contribution in [0.2, 0.25) is 0 Å². The van der Waals surface area contributed by atoms with Crippen LogP contribution in [0.4, 0.5) is 0 Å². The summed E-state index contributed by atoms with van der Waals surface area (Å²) in [4.78, 5) is 4.68. The van der Waals surface area contributed by atoms with Crippen molar-refractivity contribution in [1.29, 1.82) is 0 Å². The SMILES string of the molecule is COCCC1CSC(=NCC(C)C(C)(C)C)N1. The smallest absolute Gasteiger partial charge is 0.156 e. The summed E-state index contributed by atoms with van der Waals surface area (Å²) in [6.07, 6.45) is 1.07. The predicted molar refractivity (Wildman–Crippen MR) is 76.8 cm³/mol. The minimum absolute atomic E-state index is 0.336. The first-order valence-electron chi connectivity index (χ1n) is 6.36. The summed E-state index contributed by atoms with van der Waals surface area (Å²) < 4.78 is 5.09. The first-order chi connectivity index (χ1) is 7.93. The van der Waals surface area contributed by atoms with Gasteiger partial charge in [0.15, 0.2) is 5.17 Å². The Morgan fingerprint density at radius 1 is 1.53 bits per heavy atom. The fourth-order valence-electron chi connectivity index (χ4n) is 1.44. The summed E-state index contributed by atoms with van der Waals surface area (Å²) in [6, 6.07) is 0.531. The Morgan fingerprint density at radius 3 is 2.82 bits per heavy atom. The Morgan fingerprint density at radius 2 is 2.24 bits per heavy atom. The van der Waals surface area contributed by atoms with E-state index in [9.17, 15) is 0 Å². The number of thioether (sulfide) groups is 1. The lowest BCUT2D eigenvalue weighted by Crippen LogP contribution is -2.29. The zero-order valence-corrected chi connectivity index (χ0v) is 12.6. The van der Waals surface area contributed by atoms with E-state index >= 15 is 0 Å². The molecular formula is C13H26N2OS. The number of nitrogens with one attached hydrogen (secondary N) is 1. The Hall–Kier alpha value is -0.220. The molecule has 2 unspecified atom stereocenters. The van der Waals surface area contributed by atoms with E-state index < -0.39 is 0 Å². The third kappa shape index (κ3) is 5.30. The fourth-order valence-corrected chi connectivity index (χ4v) is 2.46. The highest BCUT2D eigenvalue weighted by Gasteiger charge is 2.22. The second-order valence-electron chi connectivity index (χ2n) is 5.85. The number of amidine groups is 1. The van der Waals surface area contributed by atoms with E-state index in [0.29, 0.717) is 17.4 Å². The van der Waals surface area contributed by atoms with Crippen LogP contribution in [-0.2, 0) is 4.74 Å². The highest BCUT2D eigenvalue weighted by atomic mass is 32.2. The average molecular weight is 258 g/mol. The van der Waals surface area contributed by atoms with Crippen LogP contribution in [0.15, 0.2) is 4.99 Å². The van der Waals surface area contributed by atoms with Gasteiger partial charge in [0.25, 0.3) is 0 Å². The van der Waals surface area contributed by atoms with E-state index in [4.69, 9.17) is 4.74 Å². The molecule has 1 aliphatic heterocycles. The summed E-state index contributed by atoms with van der Waals surface area (Å²) in [5.41, 5.74) is 0.336. The number of methoxy groups -OCH3 is 1. The van der Waals surface area contributed by atoms with Crippen LogP contribution in [0.1, 0.15) is 34.1 Å². The lowest BCUT2D eigenvalue weighted by atomic mass is 9.82. The van der Waals surface area contributed by atoms with Crippen molar-refractivity contribution in [3.8, 4) is 0 Å². The highest BCUT2D eigenvalue weighted by molar-refractivity contribution is 8.14. The van der Waals surface area contributed by atoms with E-state index in [1.165, 1.54) is 0 Å². The average Bonchev–Trinajstić information content (AvgIpc) is 2.69. The molecule has 0 spiro atoms. The molecule has 1 saturated heterocycles. The largest absolute Gasteiger partial charge is 0.385 e. The molecule has 0 saturated carbocycles. The van der Waals surface area contributed by atoms with E-state index in [-0.39, 0.29) is 0 Å². The molecule has 0 aromatic heterocycles. The first-order valence-corrected chi connectivity index (χ1v) is 7.34. The van der Waals surface area contributed by atoms with Gasteiger partial charge in [-0.15, -0.1) is 0 Å². The maximum Gasteiger partial charge on any atom is 0.156 e. The number of nitrogens with zero attached hydrogens (tertiary/aromatic N) is 1. The number of rotatable bonds is 5. The maximum absolute atomic E-state index is 5.09. The van der Waals surface area contributed by atoms with Crippen molar-refractivity contribution in [3.63, 3.8) is 0 Å². The molecule has 1 N–H and O–H groups in total. The highest BCUT2D eigenvalue weighted by Crippen LogP contribution is 2.26. The summed E-state index contributed by atoms with van der Waals surface area (Å²) in [7, 11) is 1.75. The van der Waals surface area contributed by atoms with Crippen molar-refractivity contribution >= 4 is 16.9 Å². The first kappa shape index (κ1) is 14.8. The van der Waals surface area contributed by atoms with Gasteiger partial charge in [0.2, 0.25) is 0 Å². The van der Waals surface area contributed by atoms with Crippen LogP contribution >= 0.6 is 11.8 Å². The van der Waals surface area contributed by atoms with Gasteiger partial charge in [-0.1, -0.05) is 39.5 Å². The number of ether oxygens (including phenoxy) is 1. The van der Waals surface area contributed by atoms with Gasteiger partial charge in [0, 0.05) is 32.1 Å². The van der Waals surface area contributed by atoms with Gasteiger partial charge in [0.05, 0.1) is 0 Å². The van der Waals surface area contributed by atoms with Gasteiger partial charge in [-0.05, 0) is 17.8 Å². The van der Waals surface area contributed by atoms with E-state index in [1.807, 2.05) is 11.8 Å². The monoisotopic (exact) mass is 258 g/mol. The van der Waals surface area contributed by atoms with Gasteiger partial charge >= 0.3 is 0 Å². The van der Waals surface area contributed by atoms with E-state index in [2.05, 4.69) is 38.0 Å².